The molecule has 6 atom stereocenters. The van der Waals surface area contributed by atoms with Gasteiger partial charge in [0, 0.05) is 18.8 Å². The molecule has 0 aromatic heterocycles. The van der Waals surface area contributed by atoms with Gasteiger partial charge < -0.3 is 29.3 Å². The summed E-state index contributed by atoms with van der Waals surface area (Å²) in [5.41, 5.74) is -0.291. The highest BCUT2D eigenvalue weighted by atomic mass is 35.5. The summed E-state index contributed by atoms with van der Waals surface area (Å²) in [4.78, 5) is 49.7. The number of anilines is 2. The predicted molar refractivity (Wildman–Crippen MR) is 188 cm³/mol. The van der Waals surface area contributed by atoms with Gasteiger partial charge in [-0.3, -0.25) is 14.4 Å². The van der Waals surface area contributed by atoms with Crippen LogP contribution in [-0.2, 0) is 19.1 Å². The maximum atomic E-state index is 15.1. The summed E-state index contributed by atoms with van der Waals surface area (Å²) in [6, 6.07) is 10.9. The molecule has 2 aromatic rings. The lowest BCUT2D eigenvalue weighted by Crippen LogP contribution is -2.60. The molecule has 1 N–H and O–H groups in total. The van der Waals surface area contributed by atoms with E-state index in [4.69, 9.17) is 21.1 Å². The summed E-state index contributed by atoms with van der Waals surface area (Å²) in [5, 5.41) is 11.1. The molecular weight excluding hydrogens is 630 g/mol. The zero-order valence-electron chi connectivity index (χ0n) is 28.7. The average Bonchev–Trinajstić information content (AvgIpc) is 3.67. The summed E-state index contributed by atoms with van der Waals surface area (Å²) in [6.07, 6.45) is 4.68. The fraction of sp³-hybridized carbons (Fsp3) is 0.500. The Morgan fingerprint density at radius 1 is 1.08 bits per heavy atom. The van der Waals surface area contributed by atoms with E-state index in [9.17, 15) is 14.7 Å². The first kappa shape index (κ1) is 35.6. The van der Waals surface area contributed by atoms with Crippen molar-refractivity contribution >= 4 is 40.7 Å². The molecule has 2 aromatic carbocycles. The van der Waals surface area contributed by atoms with Crippen molar-refractivity contribution in [3.63, 3.8) is 0 Å². The second kappa shape index (κ2) is 14.1. The lowest BCUT2D eigenvalue weighted by Gasteiger charge is -2.41. The molecule has 5 rings (SSSR count). The fourth-order valence-corrected chi connectivity index (χ4v) is 8.65. The summed E-state index contributed by atoms with van der Waals surface area (Å²) in [5.74, 6) is -2.30. The number of aryl methyl sites for hydroxylation is 1. The predicted octanol–water partition coefficient (Wildman–Crippen LogP) is 5.96. The van der Waals surface area contributed by atoms with E-state index >= 15 is 4.79 Å². The normalized spacial score (nSPS) is 26.4. The number of ether oxygens (including phenoxy) is 2. The van der Waals surface area contributed by atoms with E-state index in [1.54, 1.807) is 28.0 Å². The van der Waals surface area contributed by atoms with E-state index in [0.717, 1.165) is 5.56 Å². The molecule has 10 heteroatoms. The van der Waals surface area contributed by atoms with Gasteiger partial charge in [0.05, 0.1) is 47.4 Å². The number of hydrogen-bond acceptors (Lipinski definition) is 6. The monoisotopic (exact) mass is 677 g/mol. The summed E-state index contributed by atoms with van der Waals surface area (Å²) in [7, 11) is 0. The third kappa shape index (κ3) is 5.63. The first-order chi connectivity index (χ1) is 23.0. The number of fused-ring (bicyclic) bond motifs is 1. The standard InChI is InChI=1S/C38H48ClN3O6/c1-8-21-40(26-15-17-27(18-16-26)47-11-4)34(44)30-31-35(45)42(29(23-43)24(5)6)33(38(31)20-19-37(30,10-3)48-38)36(46)41(22-9-2)32-25(7)13-12-14-28(32)39/h8-9,12-18,24,29-31,33,43H,1-2,10-11,19-23H2,3-7H3/t29-,30+,31-,33?,37-,38?/m0/s1. The number of likely N-dealkylation sites (tertiary alicyclic amines) is 1. The minimum atomic E-state index is -1.29. The van der Waals surface area contributed by atoms with Crippen LogP contribution in [0.3, 0.4) is 0 Å². The molecule has 2 unspecified atom stereocenters. The van der Waals surface area contributed by atoms with Crippen molar-refractivity contribution in [1.82, 2.24) is 4.90 Å². The zero-order valence-corrected chi connectivity index (χ0v) is 29.4. The molecule has 3 saturated heterocycles. The van der Waals surface area contributed by atoms with E-state index in [1.165, 1.54) is 4.90 Å². The molecule has 0 saturated carbocycles. The van der Waals surface area contributed by atoms with Gasteiger partial charge in [-0.2, -0.15) is 0 Å². The van der Waals surface area contributed by atoms with Crippen molar-refractivity contribution in [2.24, 2.45) is 17.8 Å². The summed E-state index contributed by atoms with van der Waals surface area (Å²) < 4.78 is 12.7. The van der Waals surface area contributed by atoms with Crippen LogP contribution in [0.15, 0.2) is 67.8 Å². The van der Waals surface area contributed by atoms with Crippen LogP contribution in [0.2, 0.25) is 5.02 Å². The minimum Gasteiger partial charge on any atom is -0.494 e. The Hall–Kier alpha value is -3.66. The highest BCUT2D eigenvalue weighted by Crippen LogP contribution is 2.65. The highest BCUT2D eigenvalue weighted by Gasteiger charge is 2.79. The van der Waals surface area contributed by atoms with Crippen LogP contribution < -0.4 is 14.5 Å². The molecule has 1 spiro atoms. The van der Waals surface area contributed by atoms with Crippen molar-refractivity contribution in [2.75, 3.05) is 36.1 Å². The largest absolute Gasteiger partial charge is 0.494 e. The maximum Gasteiger partial charge on any atom is 0.253 e. The Bertz CT molecular complexity index is 1540. The second-order valence-electron chi connectivity index (χ2n) is 13.4. The van der Waals surface area contributed by atoms with Crippen molar-refractivity contribution in [3.8, 4) is 5.75 Å². The molecule has 9 nitrogen and oxygen atoms in total. The van der Waals surface area contributed by atoms with Crippen LogP contribution in [0, 0.1) is 24.7 Å². The number of nitrogens with zero attached hydrogens (tertiary/aromatic N) is 3. The number of hydrogen-bond donors (Lipinski definition) is 1. The van der Waals surface area contributed by atoms with Gasteiger partial charge in [-0.15, -0.1) is 13.2 Å². The topological polar surface area (TPSA) is 99.6 Å². The van der Waals surface area contributed by atoms with Gasteiger partial charge in [0.1, 0.15) is 17.4 Å². The Morgan fingerprint density at radius 3 is 2.31 bits per heavy atom. The minimum absolute atomic E-state index is 0.139. The molecule has 3 heterocycles. The number of halogens is 1. The molecule has 0 radical (unpaired) electrons. The smallest absolute Gasteiger partial charge is 0.253 e. The van der Waals surface area contributed by atoms with Crippen molar-refractivity contribution in [2.45, 2.75) is 77.2 Å². The molecule has 3 aliphatic rings. The Morgan fingerprint density at radius 2 is 1.75 bits per heavy atom. The van der Waals surface area contributed by atoms with Crippen LogP contribution in [-0.4, -0.2) is 77.3 Å². The van der Waals surface area contributed by atoms with E-state index in [-0.39, 0.29) is 43.3 Å². The number of para-hydroxylation sites is 1. The van der Waals surface area contributed by atoms with E-state index in [0.29, 0.717) is 48.0 Å². The number of carbonyl (C=O) groups is 3. The number of aliphatic hydroxyl groups is 1. The van der Waals surface area contributed by atoms with Gasteiger partial charge in [0.25, 0.3) is 5.91 Å². The number of aliphatic hydroxyl groups excluding tert-OH is 1. The molecule has 3 fully saturated rings. The molecule has 2 bridgehead atoms. The molecule has 48 heavy (non-hydrogen) atoms. The Kier molecular flexibility index (Phi) is 10.4. The third-order valence-corrected chi connectivity index (χ3v) is 10.8. The van der Waals surface area contributed by atoms with Crippen LogP contribution in [0.25, 0.3) is 0 Å². The number of carbonyl (C=O) groups excluding carboxylic acids is 3. The zero-order chi connectivity index (χ0) is 35.0. The highest BCUT2D eigenvalue weighted by molar-refractivity contribution is 6.34. The number of benzene rings is 2. The van der Waals surface area contributed by atoms with E-state index in [2.05, 4.69) is 13.2 Å². The third-order valence-electron chi connectivity index (χ3n) is 10.5. The first-order valence-electron chi connectivity index (χ1n) is 16.9. The van der Waals surface area contributed by atoms with E-state index in [1.807, 2.05) is 71.0 Å². The van der Waals surface area contributed by atoms with Crippen LogP contribution in [0.1, 0.15) is 52.5 Å². The van der Waals surface area contributed by atoms with Gasteiger partial charge >= 0.3 is 0 Å². The molecule has 3 amide bonds. The Balaban J connectivity index is 1.66. The van der Waals surface area contributed by atoms with Gasteiger partial charge in [0.15, 0.2) is 0 Å². The number of rotatable bonds is 14. The second-order valence-corrected chi connectivity index (χ2v) is 13.8. The molecule has 258 valence electrons. The lowest BCUT2D eigenvalue weighted by atomic mass is 9.64. The first-order valence-corrected chi connectivity index (χ1v) is 17.3. The van der Waals surface area contributed by atoms with Crippen LogP contribution in [0.4, 0.5) is 11.4 Å². The lowest BCUT2D eigenvalue weighted by molar-refractivity contribution is -0.150. The van der Waals surface area contributed by atoms with Gasteiger partial charge in [-0.05, 0) is 74.9 Å². The van der Waals surface area contributed by atoms with Gasteiger partial charge in [-0.1, -0.05) is 56.7 Å². The summed E-state index contributed by atoms with van der Waals surface area (Å²) in [6.45, 7) is 17.9. The average molecular weight is 678 g/mol. The maximum absolute atomic E-state index is 15.1. The fourth-order valence-electron chi connectivity index (χ4n) is 8.33. The molecular formula is C38H48ClN3O6. The Labute approximate surface area is 289 Å². The van der Waals surface area contributed by atoms with Crippen molar-refractivity contribution in [1.29, 1.82) is 0 Å². The van der Waals surface area contributed by atoms with Crippen molar-refractivity contribution in [3.05, 3.63) is 78.4 Å². The van der Waals surface area contributed by atoms with Gasteiger partial charge in [-0.25, -0.2) is 0 Å². The van der Waals surface area contributed by atoms with Crippen LogP contribution >= 0.6 is 11.6 Å². The molecule has 3 aliphatic heterocycles. The molecule has 0 aliphatic carbocycles. The summed E-state index contributed by atoms with van der Waals surface area (Å²) >= 11 is 6.72. The van der Waals surface area contributed by atoms with Crippen LogP contribution in [0.5, 0.6) is 5.75 Å². The SMILES string of the molecule is C=CCN(C(=O)[C@H]1[C@H]2C(=O)N([C@@H](CO)C(C)C)C(C(=O)N(CC=C)c3c(C)cccc3Cl)C23CC[C@]1(CC)O3)c1ccc(OCC)cc1. The number of amides is 3. The van der Waals surface area contributed by atoms with Crippen molar-refractivity contribution < 1.29 is 29.0 Å². The van der Waals surface area contributed by atoms with E-state index < -0.39 is 35.1 Å². The van der Waals surface area contributed by atoms with Gasteiger partial charge in [0.2, 0.25) is 11.8 Å². The quantitative estimate of drug-likeness (QED) is 0.248.